The van der Waals surface area contributed by atoms with Crippen molar-refractivity contribution in [1.82, 2.24) is 19.7 Å². The van der Waals surface area contributed by atoms with Gasteiger partial charge in [-0.05, 0) is 19.1 Å². The zero-order valence-electron chi connectivity index (χ0n) is 11.6. The average Bonchev–Trinajstić information content (AvgIpc) is 3.04. The number of carbonyl (C=O) groups excluding carboxylic acids is 1. The molecule has 0 radical (unpaired) electrons. The fourth-order valence-corrected chi connectivity index (χ4v) is 1.80. The molecule has 1 atom stereocenters. The molecule has 0 saturated carbocycles. The molecule has 0 aliphatic rings. The van der Waals surface area contributed by atoms with E-state index in [2.05, 4.69) is 10.4 Å². The summed E-state index contributed by atoms with van der Waals surface area (Å²) in [7, 11) is 1.69. The van der Waals surface area contributed by atoms with Crippen molar-refractivity contribution >= 4 is 11.9 Å². The maximum absolute atomic E-state index is 12.2. The van der Waals surface area contributed by atoms with Gasteiger partial charge in [0.1, 0.15) is 11.4 Å². The van der Waals surface area contributed by atoms with Gasteiger partial charge in [-0.15, -0.1) is 0 Å². The zero-order valence-corrected chi connectivity index (χ0v) is 11.6. The summed E-state index contributed by atoms with van der Waals surface area (Å²) in [6, 6.07) is 3.62. The van der Waals surface area contributed by atoms with E-state index in [1.807, 2.05) is 12.1 Å². The molecule has 1 unspecified atom stereocenters. The number of aliphatic carboxylic acids is 1. The Morgan fingerprint density at radius 3 is 2.57 bits per heavy atom. The van der Waals surface area contributed by atoms with Crippen LogP contribution in [0.4, 0.5) is 0 Å². The van der Waals surface area contributed by atoms with Crippen LogP contribution in [-0.4, -0.2) is 48.6 Å². The molecule has 8 nitrogen and oxygen atoms in total. The van der Waals surface area contributed by atoms with Crippen LogP contribution in [0.2, 0.25) is 0 Å². The number of carboxylic acids is 1. The van der Waals surface area contributed by atoms with Crippen LogP contribution >= 0.6 is 0 Å². The van der Waals surface area contributed by atoms with Crippen molar-refractivity contribution < 1.29 is 19.8 Å². The maximum atomic E-state index is 12.2. The number of nitrogens with one attached hydrogen (secondary N) is 1. The first-order chi connectivity index (χ1) is 9.83. The van der Waals surface area contributed by atoms with Crippen LogP contribution < -0.4 is 5.32 Å². The Morgan fingerprint density at radius 2 is 2.00 bits per heavy atom. The normalized spacial score (nSPS) is 13.7. The standard InChI is InChI=1S/C13H16N4O4/c1-13(21,12(19)20)8-14-10(18)9-7-15-16(2)11(9)17-5-3-4-6-17/h3-7,21H,8H2,1-2H3,(H,14,18)(H,19,20). The number of aryl methyl sites for hydroxylation is 1. The summed E-state index contributed by atoms with van der Waals surface area (Å²) in [5.41, 5.74) is -1.74. The Bertz CT molecular complexity index is 658. The summed E-state index contributed by atoms with van der Waals surface area (Å²) in [5, 5.41) is 24.8. The van der Waals surface area contributed by atoms with Gasteiger partial charge in [0.05, 0.1) is 12.7 Å². The third-order valence-electron chi connectivity index (χ3n) is 3.06. The predicted molar refractivity (Wildman–Crippen MR) is 73.1 cm³/mol. The number of nitrogens with zero attached hydrogens (tertiary/aromatic N) is 3. The maximum Gasteiger partial charge on any atom is 0.337 e. The van der Waals surface area contributed by atoms with Crippen molar-refractivity contribution in [1.29, 1.82) is 0 Å². The minimum atomic E-state index is -2.02. The van der Waals surface area contributed by atoms with E-state index >= 15 is 0 Å². The molecule has 2 heterocycles. The lowest BCUT2D eigenvalue weighted by atomic mass is 10.1. The largest absolute Gasteiger partial charge is 0.479 e. The Kier molecular flexibility index (Phi) is 3.81. The van der Waals surface area contributed by atoms with E-state index in [-0.39, 0.29) is 5.56 Å². The number of aromatic nitrogens is 3. The van der Waals surface area contributed by atoms with Gasteiger partial charge in [-0.3, -0.25) is 9.48 Å². The monoisotopic (exact) mass is 292 g/mol. The molecule has 1 amide bonds. The Morgan fingerprint density at radius 1 is 1.38 bits per heavy atom. The lowest BCUT2D eigenvalue weighted by Crippen LogP contribution is -2.46. The zero-order chi connectivity index (χ0) is 15.6. The van der Waals surface area contributed by atoms with E-state index in [1.54, 1.807) is 24.0 Å². The molecule has 0 aliphatic carbocycles. The quantitative estimate of drug-likeness (QED) is 0.705. The Hall–Kier alpha value is -2.61. The van der Waals surface area contributed by atoms with Crippen molar-refractivity contribution in [3.8, 4) is 5.82 Å². The molecule has 0 fully saturated rings. The van der Waals surface area contributed by atoms with E-state index in [0.717, 1.165) is 6.92 Å². The smallest absolute Gasteiger partial charge is 0.337 e. The van der Waals surface area contributed by atoms with Crippen LogP contribution in [0, 0.1) is 0 Å². The molecule has 0 spiro atoms. The summed E-state index contributed by atoms with van der Waals surface area (Å²) in [6.07, 6.45) is 4.92. The molecule has 2 aromatic rings. The fraction of sp³-hybridized carbons (Fsp3) is 0.308. The molecule has 0 bridgehead atoms. The average molecular weight is 292 g/mol. The minimum absolute atomic E-state index is 0.287. The van der Waals surface area contributed by atoms with Crippen molar-refractivity contribution in [2.45, 2.75) is 12.5 Å². The predicted octanol–water partition coefficient (Wildman–Crippen LogP) is -0.224. The van der Waals surface area contributed by atoms with E-state index in [4.69, 9.17) is 5.11 Å². The van der Waals surface area contributed by atoms with Crippen LogP contribution in [-0.2, 0) is 11.8 Å². The van der Waals surface area contributed by atoms with E-state index in [1.165, 1.54) is 10.9 Å². The van der Waals surface area contributed by atoms with Crippen LogP contribution in [0.3, 0.4) is 0 Å². The second-order valence-corrected chi connectivity index (χ2v) is 4.86. The van der Waals surface area contributed by atoms with Crippen molar-refractivity contribution in [3.63, 3.8) is 0 Å². The number of hydrogen-bond donors (Lipinski definition) is 3. The Labute approximate surface area is 120 Å². The first kappa shape index (κ1) is 14.8. The van der Waals surface area contributed by atoms with E-state index in [0.29, 0.717) is 5.82 Å². The van der Waals surface area contributed by atoms with Gasteiger partial charge >= 0.3 is 5.97 Å². The summed E-state index contributed by atoms with van der Waals surface area (Å²) < 4.78 is 3.25. The number of aliphatic hydroxyl groups is 1. The molecule has 21 heavy (non-hydrogen) atoms. The molecular formula is C13H16N4O4. The van der Waals surface area contributed by atoms with Crippen LogP contribution in [0.5, 0.6) is 0 Å². The van der Waals surface area contributed by atoms with E-state index in [9.17, 15) is 14.7 Å². The number of carboxylic acid groups (broad SMARTS) is 1. The van der Waals surface area contributed by atoms with Crippen LogP contribution in [0.25, 0.3) is 5.82 Å². The Balaban J connectivity index is 2.20. The topological polar surface area (TPSA) is 109 Å². The van der Waals surface area contributed by atoms with Gasteiger partial charge in [0.2, 0.25) is 0 Å². The molecular weight excluding hydrogens is 276 g/mol. The highest BCUT2D eigenvalue weighted by Gasteiger charge is 2.31. The van der Waals surface area contributed by atoms with Crippen molar-refractivity contribution in [2.24, 2.45) is 7.05 Å². The molecule has 2 rings (SSSR count). The van der Waals surface area contributed by atoms with Gasteiger partial charge in [0, 0.05) is 19.4 Å². The van der Waals surface area contributed by atoms with Gasteiger partial charge in [0.25, 0.3) is 5.91 Å². The molecule has 0 saturated heterocycles. The van der Waals surface area contributed by atoms with E-state index < -0.39 is 24.0 Å². The van der Waals surface area contributed by atoms with Crippen LogP contribution in [0.15, 0.2) is 30.7 Å². The second kappa shape index (κ2) is 5.41. The molecule has 0 aliphatic heterocycles. The SMILES string of the molecule is Cn1ncc(C(=O)NCC(C)(O)C(=O)O)c1-n1cccc1. The highest BCUT2D eigenvalue weighted by atomic mass is 16.4. The molecule has 112 valence electrons. The number of carbonyl (C=O) groups is 2. The third-order valence-corrected chi connectivity index (χ3v) is 3.06. The van der Waals surface area contributed by atoms with Gasteiger partial charge in [-0.2, -0.15) is 5.10 Å². The highest BCUT2D eigenvalue weighted by Crippen LogP contribution is 2.14. The number of rotatable bonds is 5. The molecule has 3 N–H and O–H groups in total. The molecule has 8 heteroatoms. The van der Waals surface area contributed by atoms with Crippen LogP contribution in [0.1, 0.15) is 17.3 Å². The van der Waals surface area contributed by atoms with Crippen molar-refractivity contribution in [2.75, 3.05) is 6.54 Å². The highest BCUT2D eigenvalue weighted by molar-refractivity contribution is 5.97. The fourth-order valence-electron chi connectivity index (χ4n) is 1.80. The first-order valence-electron chi connectivity index (χ1n) is 6.22. The number of hydrogen-bond acceptors (Lipinski definition) is 4. The van der Waals surface area contributed by atoms with Gasteiger partial charge in [-0.1, -0.05) is 0 Å². The minimum Gasteiger partial charge on any atom is -0.479 e. The lowest BCUT2D eigenvalue weighted by Gasteiger charge is -2.18. The molecule has 2 aromatic heterocycles. The van der Waals surface area contributed by atoms with Gasteiger partial charge < -0.3 is 20.1 Å². The summed E-state index contributed by atoms with van der Waals surface area (Å²) in [5.74, 6) is -1.36. The van der Waals surface area contributed by atoms with Gasteiger partial charge in [-0.25, -0.2) is 4.79 Å². The number of amides is 1. The second-order valence-electron chi connectivity index (χ2n) is 4.86. The molecule has 0 aromatic carbocycles. The lowest BCUT2D eigenvalue weighted by molar-refractivity contribution is -0.155. The third kappa shape index (κ3) is 2.95. The summed E-state index contributed by atoms with van der Waals surface area (Å²) in [4.78, 5) is 23.0. The summed E-state index contributed by atoms with van der Waals surface area (Å²) in [6.45, 7) is 0.715. The first-order valence-corrected chi connectivity index (χ1v) is 6.22. The van der Waals surface area contributed by atoms with Gasteiger partial charge in [0.15, 0.2) is 5.60 Å². The van der Waals surface area contributed by atoms with Crippen molar-refractivity contribution in [3.05, 3.63) is 36.3 Å². The summed E-state index contributed by atoms with van der Waals surface area (Å²) >= 11 is 0.